The molecule has 0 aliphatic rings. The average Bonchev–Trinajstić information content (AvgIpc) is 2.74. The van der Waals surface area contributed by atoms with E-state index in [2.05, 4.69) is 0 Å². The zero-order valence-electron chi connectivity index (χ0n) is 14.5. The fourth-order valence-electron chi connectivity index (χ4n) is 2.79. The maximum Gasteiger partial charge on any atom is 0.340 e. The monoisotopic (exact) mass is 351 g/mol. The smallest absolute Gasteiger partial charge is 0.340 e. The molecule has 0 fully saturated rings. The molecule has 2 rings (SSSR count). The molecule has 7 heteroatoms. The van der Waals surface area contributed by atoms with Crippen molar-refractivity contribution in [3.8, 4) is 11.8 Å². The van der Waals surface area contributed by atoms with E-state index in [4.69, 9.17) is 4.74 Å². The number of ether oxygens (including phenoxy) is 1. The lowest BCUT2D eigenvalue weighted by molar-refractivity contribution is 0.0527. The van der Waals surface area contributed by atoms with Crippen LogP contribution in [0.2, 0.25) is 0 Å². The van der Waals surface area contributed by atoms with Crippen molar-refractivity contribution in [2.45, 2.75) is 20.4 Å². The van der Waals surface area contributed by atoms with Gasteiger partial charge < -0.3 is 19.3 Å². The number of aromatic hydroxyl groups is 1. The fraction of sp³-hybridized carbons (Fsp3) is 0.412. The van der Waals surface area contributed by atoms with Crippen LogP contribution in [0.3, 0.4) is 0 Å². The van der Waals surface area contributed by atoms with Gasteiger partial charge in [0, 0.05) is 30.2 Å². The molecule has 0 amide bonds. The van der Waals surface area contributed by atoms with Crippen LogP contribution in [0.5, 0.6) is 5.75 Å². The second kappa shape index (κ2) is 7.56. The Morgan fingerprint density at radius 2 is 2.08 bits per heavy atom. The van der Waals surface area contributed by atoms with Crippen LogP contribution in [0, 0.1) is 18.3 Å². The first-order valence-corrected chi connectivity index (χ1v) is 7.39. The summed E-state index contributed by atoms with van der Waals surface area (Å²) in [5.41, 5.74) is 2.69. The predicted octanol–water partition coefficient (Wildman–Crippen LogP) is 2.72. The number of nitriles is 1. The molecule has 0 bridgehead atoms. The highest BCUT2D eigenvalue weighted by Crippen LogP contribution is 2.36. The Hall–Kier alpha value is -2.23. The van der Waals surface area contributed by atoms with Crippen molar-refractivity contribution in [2.75, 3.05) is 20.7 Å². The van der Waals surface area contributed by atoms with Gasteiger partial charge in [0.05, 0.1) is 23.3 Å². The third-order valence-corrected chi connectivity index (χ3v) is 3.93. The van der Waals surface area contributed by atoms with Gasteiger partial charge in [-0.2, -0.15) is 5.26 Å². The summed E-state index contributed by atoms with van der Waals surface area (Å²) in [6.07, 6.45) is 0. The maximum atomic E-state index is 12.4. The van der Waals surface area contributed by atoms with Gasteiger partial charge in [-0.1, -0.05) is 0 Å². The summed E-state index contributed by atoms with van der Waals surface area (Å²) in [5, 5.41) is 20.4. The number of phenolic OH excluding ortho intramolecular Hbond substituents is 1. The summed E-state index contributed by atoms with van der Waals surface area (Å²) >= 11 is 0. The summed E-state index contributed by atoms with van der Waals surface area (Å²) < 4.78 is 7.02. The van der Waals surface area contributed by atoms with E-state index in [1.165, 1.54) is 0 Å². The van der Waals surface area contributed by atoms with Crippen LogP contribution in [0.25, 0.3) is 10.9 Å². The third-order valence-electron chi connectivity index (χ3n) is 3.93. The number of hydrogen-bond donors (Lipinski definition) is 1. The Morgan fingerprint density at radius 1 is 1.46 bits per heavy atom. The van der Waals surface area contributed by atoms with Gasteiger partial charge in [0.1, 0.15) is 11.8 Å². The van der Waals surface area contributed by atoms with Gasteiger partial charge in [0.2, 0.25) is 0 Å². The summed E-state index contributed by atoms with van der Waals surface area (Å²) in [5.74, 6) is -0.496. The van der Waals surface area contributed by atoms with Crippen LogP contribution in [0.15, 0.2) is 6.07 Å². The van der Waals surface area contributed by atoms with Crippen molar-refractivity contribution >= 4 is 29.3 Å². The molecule has 0 radical (unpaired) electrons. The van der Waals surface area contributed by atoms with Crippen molar-refractivity contribution in [3.05, 3.63) is 28.5 Å². The third kappa shape index (κ3) is 3.18. The molecule has 1 heterocycles. The molecule has 0 saturated heterocycles. The molecule has 24 heavy (non-hydrogen) atoms. The molecule has 0 unspecified atom stereocenters. The highest BCUT2D eigenvalue weighted by atomic mass is 35.5. The minimum atomic E-state index is -0.417. The number of fused-ring (bicyclic) bond motifs is 1. The molecule has 1 aromatic heterocycles. The largest absolute Gasteiger partial charge is 0.506 e. The van der Waals surface area contributed by atoms with E-state index in [0.717, 1.165) is 11.2 Å². The number of phenols is 1. The standard InChI is InChI=1S/C17H21N3O3.ClH/c1-6-23-17(22)14-10(2)20(5)13-7-11(8-18)16(21)12(15(13)14)9-19(3)4;/h7,21H,6,9H2,1-5H3;1H. The molecule has 0 aliphatic carbocycles. The topological polar surface area (TPSA) is 78.5 Å². The molecular weight excluding hydrogens is 330 g/mol. The van der Waals surface area contributed by atoms with Crippen molar-refractivity contribution in [1.29, 1.82) is 5.26 Å². The van der Waals surface area contributed by atoms with Gasteiger partial charge in [0.25, 0.3) is 0 Å². The zero-order valence-corrected chi connectivity index (χ0v) is 15.3. The summed E-state index contributed by atoms with van der Waals surface area (Å²) in [7, 11) is 5.56. The molecule has 1 N–H and O–H groups in total. The first kappa shape index (κ1) is 19.8. The van der Waals surface area contributed by atoms with Crippen LogP contribution < -0.4 is 0 Å². The number of halogens is 1. The zero-order chi connectivity index (χ0) is 17.3. The Balaban J connectivity index is 0.00000288. The molecule has 0 atom stereocenters. The lowest BCUT2D eigenvalue weighted by Gasteiger charge is -2.14. The van der Waals surface area contributed by atoms with Gasteiger partial charge >= 0.3 is 5.97 Å². The Kier molecular flexibility index (Phi) is 6.24. The van der Waals surface area contributed by atoms with E-state index in [1.807, 2.05) is 43.6 Å². The van der Waals surface area contributed by atoms with Crippen LogP contribution in [0.1, 0.15) is 34.1 Å². The molecule has 0 spiro atoms. The second-order valence-electron chi connectivity index (χ2n) is 5.73. The van der Waals surface area contributed by atoms with Gasteiger partial charge in [-0.3, -0.25) is 0 Å². The molecule has 2 aromatic rings. The minimum Gasteiger partial charge on any atom is -0.506 e. The SMILES string of the molecule is CCOC(=O)c1c(C)n(C)c2cc(C#N)c(O)c(CN(C)C)c12.Cl. The number of nitrogens with zero attached hydrogens (tertiary/aromatic N) is 3. The van der Waals surface area contributed by atoms with Gasteiger partial charge in [-0.05, 0) is 34.0 Å². The number of carbonyl (C=O) groups excluding carboxylic acids is 1. The number of benzene rings is 1. The maximum absolute atomic E-state index is 12.4. The van der Waals surface area contributed by atoms with E-state index in [1.54, 1.807) is 13.0 Å². The number of rotatable bonds is 4. The van der Waals surface area contributed by atoms with Crippen LogP contribution in [0.4, 0.5) is 0 Å². The summed E-state index contributed by atoms with van der Waals surface area (Å²) in [6, 6.07) is 3.62. The van der Waals surface area contributed by atoms with Crippen molar-refractivity contribution in [1.82, 2.24) is 9.47 Å². The molecule has 1 aromatic carbocycles. The normalized spacial score (nSPS) is 10.5. The van der Waals surface area contributed by atoms with E-state index in [-0.39, 0.29) is 30.3 Å². The lowest BCUT2D eigenvalue weighted by atomic mass is 10.00. The first-order chi connectivity index (χ1) is 10.8. The van der Waals surface area contributed by atoms with E-state index >= 15 is 0 Å². The van der Waals surface area contributed by atoms with Crippen molar-refractivity contribution in [2.24, 2.45) is 7.05 Å². The number of esters is 1. The fourth-order valence-corrected chi connectivity index (χ4v) is 2.79. The lowest BCUT2D eigenvalue weighted by Crippen LogP contribution is -2.13. The van der Waals surface area contributed by atoms with Crippen LogP contribution >= 0.6 is 12.4 Å². The van der Waals surface area contributed by atoms with Gasteiger partial charge in [-0.15, -0.1) is 12.4 Å². The molecular formula is C17H22ClN3O3. The van der Waals surface area contributed by atoms with E-state index < -0.39 is 5.97 Å². The van der Waals surface area contributed by atoms with Gasteiger partial charge in [-0.25, -0.2) is 4.79 Å². The quantitative estimate of drug-likeness (QED) is 0.857. The molecule has 0 saturated carbocycles. The first-order valence-electron chi connectivity index (χ1n) is 7.39. The highest BCUT2D eigenvalue weighted by Gasteiger charge is 2.25. The second-order valence-corrected chi connectivity index (χ2v) is 5.73. The number of aryl methyl sites for hydroxylation is 1. The Labute approximate surface area is 147 Å². The van der Waals surface area contributed by atoms with Crippen LogP contribution in [-0.4, -0.2) is 41.2 Å². The Morgan fingerprint density at radius 3 is 2.58 bits per heavy atom. The number of hydrogen-bond acceptors (Lipinski definition) is 5. The van der Waals surface area contributed by atoms with E-state index in [9.17, 15) is 15.2 Å². The molecule has 130 valence electrons. The minimum absolute atomic E-state index is 0. The molecule has 0 aliphatic heterocycles. The highest BCUT2D eigenvalue weighted by molar-refractivity contribution is 6.08. The van der Waals surface area contributed by atoms with Crippen molar-refractivity contribution < 1.29 is 14.6 Å². The van der Waals surface area contributed by atoms with E-state index in [0.29, 0.717) is 23.1 Å². The molecule has 6 nitrogen and oxygen atoms in total. The van der Waals surface area contributed by atoms with Gasteiger partial charge in [0.15, 0.2) is 0 Å². The average molecular weight is 352 g/mol. The van der Waals surface area contributed by atoms with Crippen LogP contribution in [-0.2, 0) is 18.3 Å². The number of carbonyl (C=O) groups is 1. The number of aromatic nitrogens is 1. The summed E-state index contributed by atoms with van der Waals surface area (Å²) in [6.45, 7) is 4.27. The summed E-state index contributed by atoms with van der Waals surface area (Å²) in [4.78, 5) is 14.3. The Bertz CT molecular complexity index is 819. The van der Waals surface area contributed by atoms with Crippen molar-refractivity contribution in [3.63, 3.8) is 0 Å². The predicted molar refractivity (Wildman–Crippen MR) is 94.6 cm³/mol.